The van der Waals surface area contributed by atoms with Gasteiger partial charge in [0.25, 0.3) is 0 Å². The van der Waals surface area contributed by atoms with Gasteiger partial charge in [0.15, 0.2) is 0 Å². The van der Waals surface area contributed by atoms with Gasteiger partial charge in [-0.15, -0.1) is 0 Å². The Morgan fingerprint density at radius 3 is 2.39 bits per heavy atom. The number of rotatable bonds is 3. The maximum Gasteiger partial charge on any atom is 0.209 e. The number of piperidine rings is 1. The van der Waals surface area contributed by atoms with Gasteiger partial charge in [0, 0.05) is 13.1 Å². The standard InChI is InChI=1S/C15H17N2O/c1-2-15(7-9-17(12-18)10-8-15)14-5-3-13(11-16)4-6-14/h3-6,12H,1-2,7-10H2. The lowest BCUT2D eigenvalue weighted by Gasteiger charge is -2.40. The number of likely N-dealkylation sites (tertiary alicyclic amines) is 1. The average molecular weight is 241 g/mol. The second kappa shape index (κ2) is 5.22. The molecule has 1 fully saturated rings. The summed E-state index contributed by atoms with van der Waals surface area (Å²) in [5.41, 5.74) is 1.98. The van der Waals surface area contributed by atoms with Crippen LogP contribution < -0.4 is 0 Å². The lowest BCUT2D eigenvalue weighted by molar-refractivity contribution is -0.119. The Labute approximate surface area is 108 Å². The summed E-state index contributed by atoms with van der Waals surface area (Å²) in [6.45, 7) is 5.66. The highest BCUT2D eigenvalue weighted by atomic mass is 16.1. The first-order valence-corrected chi connectivity index (χ1v) is 6.23. The van der Waals surface area contributed by atoms with Gasteiger partial charge in [-0.1, -0.05) is 19.1 Å². The number of nitrogens with zero attached hydrogens (tertiary/aromatic N) is 2. The molecule has 0 bridgehead atoms. The monoisotopic (exact) mass is 241 g/mol. The molecule has 18 heavy (non-hydrogen) atoms. The van der Waals surface area contributed by atoms with Crippen molar-refractivity contribution < 1.29 is 4.79 Å². The van der Waals surface area contributed by atoms with Gasteiger partial charge >= 0.3 is 0 Å². The normalized spacial score (nSPS) is 18.1. The molecule has 2 rings (SSSR count). The number of nitriles is 1. The third-order valence-electron chi connectivity index (χ3n) is 4.01. The summed E-state index contributed by atoms with van der Waals surface area (Å²) in [6, 6.07) is 9.91. The smallest absolute Gasteiger partial charge is 0.209 e. The van der Waals surface area contributed by atoms with Crippen molar-refractivity contribution in [1.82, 2.24) is 4.90 Å². The van der Waals surface area contributed by atoms with Crippen LogP contribution >= 0.6 is 0 Å². The number of carbonyl (C=O) groups excluding carboxylic acids is 1. The first kappa shape index (κ1) is 12.6. The number of hydrogen-bond donors (Lipinski definition) is 0. The molecule has 1 aromatic carbocycles. The van der Waals surface area contributed by atoms with Gasteiger partial charge in [-0.05, 0) is 42.4 Å². The summed E-state index contributed by atoms with van der Waals surface area (Å²) >= 11 is 0. The van der Waals surface area contributed by atoms with E-state index in [1.54, 1.807) is 0 Å². The summed E-state index contributed by atoms with van der Waals surface area (Å²) < 4.78 is 0. The van der Waals surface area contributed by atoms with Gasteiger partial charge in [-0.2, -0.15) is 5.26 Å². The first-order chi connectivity index (χ1) is 8.74. The summed E-state index contributed by atoms with van der Waals surface area (Å²) in [5, 5.41) is 8.82. The second-order valence-corrected chi connectivity index (χ2v) is 4.86. The van der Waals surface area contributed by atoms with E-state index in [4.69, 9.17) is 5.26 Å². The Bertz CT molecular complexity index is 450. The van der Waals surface area contributed by atoms with Crippen molar-refractivity contribution in [2.24, 2.45) is 0 Å². The van der Waals surface area contributed by atoms with Crippen LogP contribution in [0.15, 0.2) is 24.3 Å². The molecule has 0 N–H and O–H groups in total. The molecule has 0 unspecified atom stereocenters. The lowest BCUT2D eigenvalue weighted by atomic mass is 9.71. The van der Waals surface area contributed by atoms with Crippen LogP contribution in [0.4, 0.5) is 0 Å². The van der Waals surface area contributed by atoms with E-state index in [0.717, 1.165) is 38.8 Å². The largest absolute Gasteiger partial charge is 0.345 e. The van der Waals surface area contributed by atoms with Crippen LogP contribution in [0, 0.1) is 18.3 Å². The highest BCUT2D eigenvalue weighted by molar-refractivity contribution is 5.47. The molecule has 1 radical (unpaired) electrons. The van der Waals surface area contributed by atoms with Crippen molar-refractivity contribution >= 4 is 6.41 Å². The third kappa shape index (κ3) is 2.24. The molecule has 0 saturated carbocycles. The molecule has 93 valence electrons. The fourth-order valence-electron chi connectivity index (χ4n) is 2.64. The minimum atomic E-state index is 0.0630. The zero-order valence-electron chi connectivity index (χ0n) is 10.4. The SMILES string of the molecule is [CH2]CC1(c2ccc(C#N)cc2)CCN(C=O)CC1. The Morgan fingerprint density at radius 2 is 1.94 bits per heavy atom. The topological polar surface area (TPSA) is 44.1 Å². The van der Waals surface area contributed by atoms with E-state index in [0.29, 0.717) is 5.56 Å². The quantitative estimate of drug-likeness (QED) is 0.762. The molecule has 1 aliphatic heterocycles. The summed E-state index contributed by atoms with van der Waals surface area (Å²) in [4.78, 5) is 12.6. The molecule has 0 spiro atoms. The molecule has 1 saturated heterocycles. The van der Waals surface area contributed by atoms with Gasteiger partial charge in [0.2, 0.25) is 6.41 Å². The molecule has 3 nitrogen and oxygen atoms in total. The predicted molar refractivity (Wildman–Crippen MR) is 69.7 cm³/mol. The Balaban J connectivity index is 2.22. The van der Waals surface area contributed by atoms with Crippen molar-refractivity contribution in [3.8, 4) is 6.07 Å². The third-order valence-corrected chi connectivity index (χ3v) is 4.01. The fraction of sp³-hybridized carbons (Fsp3) is 0.400. The molecule has 3 heteroatoms. The lowest BCUT2D eigenvalue weighted by Crippen LogP contribution is -2.41. The van der Waals surface area contributed by atoms with Crippen molar-refractivity contribution in [1.29, 1.82) is 5.26 Å². The van der Waals surface area contributed by atoms with E-state index in [1.165, 1.54) is 5.56 Å². The summed E-state index contributed by atoms with van der Waals surface area (Å²) in [5.74, 6) is 0. The predicted octanol–water partition coefficient (Wildman–Crippen LogP) is 2.27. The molecular weight excluding hydrogens is 224 g/mol. The van der Waals surface area contributed by atoms with Crippen LogP contribution in [-0.2, 0) is 10.2 Å². The second-order valence-electron chi connectivity index (χ2n) is 4.86. The van der Waals surface area contributed by atoms with Crippen LogP contribution in [-0.4, -0.2) is 24.4 Å². The minimum Gasteiger partial charge on any atom is -0.345 e. The highest BCUT2D eigenvalue weighted by Crippen LogP contribution is 2.38. The van der Waals surface area contributed by atoms with E-state index in [-0.39, 0.29) is 5.41 Å². The Kier molecular flexibility index (Phi) is 3.66. The van der Waals surface area contributed by atoms with Crippen molar-refractivity contribution in [2.75, 3.05) is 13.1 Å². The van der Waals surface area contributed by atoms with Crippen molar-refractivity contribution in [2.45, 2.75) is 24.7 Å². The maximum absolute atomic E-state index is 10.8. The van der Waals surface area contributed by atoms with Crippen LogP contribution in [0.1, 0.15) is 30.4 Å². The molecule has 0 aliphatic carbocycles. The van der Waals surface area contributed by atoms with Crippen molar-refractivity contribution in [3.05, 3.63) is 42.3 Å². The van der Waals surface area contributed by atoms with Gasteiger partial charge in [-0.25, -0.2) is 0 Å². The molecular formula is C15H17N2O. The van der Waals surface area contributed by atoms with E-state index < -0.39 is 0 Å². The number of amides is 1. The minimum absolute atomic E-state index is 0.0630. The number of carbonyl (C=O) groups is 1. The van der Waals surface area contributed by atoms with Gasteiger partial charge in [0.05, 0.1) is 11.6 Å². The highest BCUT2D eigenvalue weighted by Gasteiger charge is 2.34. The summed E-state index contributed by atoms with van der Waals surface area (Å²) in [7, 11) is 0. The van der Waals surface area contributed by atoms with Crippen molar-refractivity contribution in [3.63, 3.8) is 0 Å². The average Bonchev–Trinajstić information content (AvgIpc) is 2.47. The molecule has 1 heterocycles. The van der Waals surface area contributed by atoms with Crippen LogP contribution in [0.3, 0.4) is 0 Å². The van der Waals surface area contributed by atoms with E-state index in [1.807, 2.05) is 29.2 Å². The van der Waals surface area contributed by atoms with Crippen LogP contribution in [0.5, 0.6) is 0 Å². The van der Waals surface area contributed by atoms with Crippen LogP contribution in [0.25, 0.3) is 0 Å². The number of benzene rings is 1. The Morgan fingerprint density at radius 1 is 1.33 bits per heavy atom. The van der Waals surface area contributed by atoms with Gasteiger partial charge in [-0.3, -0.25) is 4.79 Å². The van der Waals surface area contributed by atoms with E-state index in [2.05, 4.69) is 13.0 Å². The molecule has 0 atom stereocenters. The molecule has 1 aromatic rings. The Hall–Kier alpha value is -1.82. The first-order valence-electron chi connectivity index (χ1n) is 6.23. The summed E-state index contributed by atoms with van der Waals surface area (Å²) in [6.07, 6.45) is 3.64. The van der Waals surface area contributed by atoms with Gasteiger partial charge in [0.1, 0.15) is 0 Å². The number of hydrogen-bond acceptors (Lipinski definition) is 2. The fourth-order valence-corrected chi connectivity index (χ4v) is 2.64. The molecule has 0 aromatic heterocycles. The van der Waals surface area contributed by atoms with Crippen LogP contribution in [0.2, 0.25) is 0 Å². The molecule has 1 aliphatic rings. The zero-order valence-corrected chi connectivity index (χ0v) is 10.4. The van der Waals surface area contributed by atoms with E-state index in [9.17, 15) is 4.79 Å². The van der Waals surface area contributed by atoms with E-state index >= 15 is 0 Å². The maximum atomic E-state index is 10.8. The zero-order chi connectivity index (χ0) is 13.0. The molecule has 1 amide bonds. The van der Waals surface area contributed by atoms with Gasteiger partial charge < -0.3 is 4.90 Å².